The normalized spacial score (nSPS) is 12.4. The number of hydrogen-bond acceptors (Lipinski definition) is 5. The predicted octanol–water partition coefficient (Wildman–Crippen LogP) is 3.39. The van der Waals surface area contributed by atoms with Crippen molar-refractivity contribution >= 4 is 10.9 Å². The van der Waals surface area contributed by atoms with Crippen LogP contribution in [-0.2, 0) is 0 Å². The van der Waals surface area contributed by atoms with Gasteiger partial charge in [-0.25, -0.2) is 4.98 Å². The molecule has 0 aliphatic rings. The lowest BCUT2D eigenvalue weighted by Gasteiger charge is -2.22. The minimum Gasteiger partial charge on any atom is -0.494 e. The van der Waals surface area contributed by atoms with Crippen molar-refractivity contribution in [2.45, 2.75) is 26.3 Å². The summed E-state index contributed by atoms with van der Waals surface area (Å²) in [5.74, 6) is 1.52. The fourth-order valence-electron chi connectivity index (χ4n) is 3.37. The Kier molecular flexibility index (Phi) is 7.01. The Morgan fingerprint density at radius 1 is 1.10 bits per heavy atom. The van der Waals surface area contributed by atoms with E-state index in [1.54, 1.807) is 4.57 Å². The monoisotopic (exact) mass is 394 g/mol. The molecule has 3 rings (SSSR count). The largest absolute Gasteiger partial charge is 0.494 e. The molecule has 2 aromatic carbocycles. The maximum Gasteiger partial charge on any atom is 0.266 e. The molecule has 1 aromatic heterocycles. The van der Waals surface area contributed by atoms with Crippen LogP contribution in [0.1, 0.15) is 32.1 Å². The molecule has 0 bridgehead atoms. The van der Waals surface area contributed by atoms with Gasteiger partial charge in [-0.05, 0) is 63.8 Å². The molecular formula is C23H30N4O2. The third kappa shape index (κ3) is 4.83. The van der Waals surface area contributed by atoms with E-state index in [1.165, 1.54) is 0 Å². The van der Waals surface area contributed by atoms with Gasteiger partial charge in [0.25, 0.3) is 5.56 Å². The van der Waals surface area contributed by atoms with Gasteiger partial charge in [-0.2, -0.15) is 0 Å². The van der Waals surface area contributed by atoms with Gasteiger partial charge in [-0.15, -0.1) is 0 Å². The van der Waals surface area contributed by atoms with Crippen LogP contribution in [0.4, 0.5) is 0 Å². The number of nitrogens with one attached hydrogen (secondary N) is 1. The molecule has 1 atom stereocenters. The molecule has 3 aromatic rings. The van der Waals surface area contributed by atoms with Crippen molar-refractivity contribution < 1.29 is 4.74 Å². The number of para-hydroxylation sites is 1. The summed E-state index contributed by atoms with van der Waals surface area (Å²) in [6, 6.07) is 15.1. The van der Waals surface area contributed by atoms with Gasteiger partial charge in [0.05, 0.1) is 29.2 Å². The molecule has 154 valence electrons. The van der Waals surface area contributed by atoms with Crippen molar-refractivity contribution in [3.8, 4) is 11.4 Å². The molecule has 6 heteroatoms. The summed E-state index contributed by atoms with van der Waals surface area (Å²) in [5, 5.41) is 4.18. The summed E-state index contributed by atoms with van der Waals surface area (Å²) in [6.45, 7) is 6.40. The second kappa shape index (κ2) is 9.67. The number of nitrogens with zero attached hydrogens (tertiary/aromatic N) is 3. The first-order valence-corrected chi connectivity index (χ1v) is 10.2. The molecule has 0 fully saturated rings. The highest BCUT2D eigenvalue weighted by Crippen LogP contribution is 2.22. The third-order valence-corrected chi connectivity index (χ3v) is 4.88. The van der Waals surface area contributed by atoms with Gasteiger partial charge < -0.3 is 15.0 Å². The highest BCUT2D eigenvalue weighted by atomic mass is 16.5. The number of hydrogen-bond donors (Lipinski definition) is 1. The molecule has 0 radical (unpaired) electrons. The number of benzene rings is 2. The fraction of sp³-hybridized carbons (Fsp3) is 0.391. The number of ether oxygens (including phenoxy) is 1. The van der Waals surface area contributed by atoms with Crippen molar-refractivity contribution in [3.63, 3.8) is 0 Å². The average Bonchev–Trinajstić information content (AvgIpc) is 2.72. The van der Waals surface area contributed by atoms with Crippen molar-refractivity contribution in [2.75, 3.05) is 33.8 Å². The Hall–Kier alpha value is -2.70. The number of aromatic nitrogens is 2. The summed E-state index contributed by atoms with van der Waals surface area (Å²) in [7, 11) is 4.10. The Balaban J connectivity index is 2.11. The van der Waals surface area contributed by atoms with E-state index in [1.807, 2.05) is 69.6 Å². The first-order valence-electron chi connectivity index (χ1n) is 10.2. The van der Waals surface area contributed by atoms with E-state index in [0.29, 0.717) is 12.0 Å². The molecule has 0 aliphatic carbocycles. The minimum absolute atomic E-state index is 0.0289. The molecule has 0 amide bonds. The smallest absolute Gasteiger partial charge is 0.266 e. The number of likely N-dealkylation sites (N-methyl/N-ethyl adjacent to an activating group) is 1. The number of fused-ring (bicyclic) bond motifs is 1. The standard InChI is InChI=1S/C23H30N4O2/c1-5-20(24-15-16-26(3)4)22-25-21-10-8-7-9-19(21)23(28)27(22)17-11-13-18(14-12-17)29-6-2/h7-14,20,24H,5-6,15-16H2,1-4H3/t20-/m0/s1. The molecule has 1 heterocycles. The van der Waals surface area contributed by atoms with Crippen LogP contribution >= 0.6 is 0 Å². The zero-order chi connectivity index (χ0) is 20.8. The van der Waals surface area contributed by atoms with Crippen LogP contribution in [0, 0.1) is 0 Å². The molecule has 0 aliphatic heterocycles. The molecule has 29 heavy (non-hydrogen) atoms. The predicted molar refractivity (Wildman–Crippen MR) is 118 cm³/mol. The summed E-state index contributed by atoms with van der Waals surface area (Å²) < 4.78 is 7.28. The first kappa shape index (κ1) is 21.0. The van der Waals surface area contributed by atoms with E-state index < -0.39 is 0 Å². The van der Waals surface area contributed by atoms with Gasteiger partial charge in [0.1, 0.15) is 11.6 Å². The lowest BCUT2D eigenvalue weighted by Crippen LogP contribution is -2.34. The maximum absolute atomic E-state index is 13.4. The summed E-state index contributed by atoms with van der Waals surface area (Å²) in [5.41, 5.74) is 1.46. The van der Waals surface area contributed by atoms with Crippen LogP contribution in [0.5, 0.6) is 5.75 Å². The molecule has 0 saturated heterocycles. The van der Waals surface area contributed by atoms with Gasteiger partial charge in [0, 0.05) is 13.1 Å². The van der Waals surface area contributed by atoms with Gasteiger partial charge in [-0.3, -0.25) is 9.36 Å². The van der Waals surface area contributed by atoms with Crippen LogP contribution in [-0.4, -0.2) is 48.2 Å². The van der Waals surface area contributed by atoms with Crippen LogP contribution in [0.25, 0.3) is 16.6 Å². The Labute approximate surface area is 172 Å². The van der Waals surface area contributed by atoms with Crippen LogP contribution in [0.2, 0.25) is 0 Å². The molecule has 0 spiro atoms. The van der Waals surface area contributed by atoms with E-state index in [9.17, 15) is 4.79 Å². The van der Waals surface area contributed by atoms with Crippen molar-refractivity contribution in [1.29, 1.82) is 0 Å². The fourth-order valence-corrected chi connectivity index (χ4v) is 3.37. The van der Waals surface area contributed by atoms with Gasteiger partial charge in [-0.1, -0.05) is 19.1 Å². The van der Waals surface area contributed by atoms with E-state index in [0.717, 1.165) is 42.3 Å². The third-order valence-electron chi connectivity index (χ3n) is 4.88. The minimum atomic E-state index is -0.0531. The van der Waals surface area contributed by atoms with Crippen molar-refractivity contribution in [3.05, 3.63) is 64.7 Å². The van der Waals surface area contributed by atoms with Crippen LogP contribution < -0.4 is 15.6 Å². The van der Waals surface area contributed by atoms with Gasteiger partial charge in [0.15, 0.2) is 0 Å². The van der Waals surface area contributed by atoms with E-state index in [-0.39, 0.29) is 11.6 Å². The zero-order valence-corrected chi connectivity index (χ0v) is 17.7. The Morgan fingerprint density at radius 2 is 1.83 bits per heavy atom. The average molecular weight is 395 g/mol. The quantitative estimate of drug-likeness (QED) is 0.603. The Bertz CT molecular complexity index is 996. The van der Waals surface area contributed by atoms with Gasteiger partial charge in [0.2, 0.25) is 0 Å². The van der Waals surface area contributed by atoms with Crippen LogP contribution in [0.3, 0.4) is 0 Å². The molecule has 0 unspecified atom stereocenters. The summed E-state index contributed by atoms with van der Waals surface area (Å²) in [4.78, 5) is 20.4. The molecular weight excluding hydrogens is 364 g/mol. The highest BCUT2D eigenvalue weighted by molar-refractivity contribution is 5.77. The maximum atomic E-state index is 13.4. The lowest BCUT2D eigenvalue weighted by atomic mass is 10.1. The second-order valence-electron chi connectivity index (χ2n) is 7.27. The molecule has 6 nitrogen and oxygen atoms in total. The van der Waals surface area contributed by atoms with Crippen LogP contribution in [0.15, 0.2) is 53.3 Å². The topological polar surface area (TPSA) is 59.4 Å². The molecule has 0 saturated carbocycles. The summed E-state index contributed by atoms with van der Waals surface area (Å²) in [6.07, 6.45) is 0.829. The molecule has 1 N–H and O–H groups in total. The van der Waals surface area contributed by atoms with Crippen molar-refractivity contribution in [2.24, 2.45) is 0 Å². The second-order valence-corrected chi connectivity index (χ2v) is 7.27. The van der Waals surface area contributed by atoms with E-state index in [2.05, 4.69) is 17.1 Å². The summed E-state index contributed by atoms with van der Waals surface area (Å²) >= 11 is 0. The number of rotatable bonds is 9. The zero-order valence-electron chi connectivity index (χ0n) is 17.7. The SMILES string of the molecule is CCOc1ccc(-n2c([C@H](CC)NCCN(C)C)nc3ccccc3c2=O)cc1. The van der Waals surface area contributed by atoms with E-state index in [4.69, 9.17) is 9.72 Å². The van der Waals surface area contributed by atoms with Crippen molar-refractivity contribution in [1.82, 2.24) is 19.8 Å². The highest BCUT2D eigenvalue weighted by Gasteiger charge is 2.19. The Morgan fingerprint density at radius 3 is 2.48 bits per heavy atom. The lowest BCUT2D eigenvalue weighted by molar-refractivity contribution is 0.340. The van der Waals surface area contributed by atoms with E-state index >= 15 is 0 Å². The first-order chi connectivity index (χ1) is 14.0. The van der Waals surface area contributed by atoms with Gasteiger partial charge >= 0.3 is 0 Å².